The number of anilines is 1. The van der Waals surface area contributed by atoms with Gasteiger partial charge in [-0.05, 0) is 48.1 Å². The van der Waals surface area contributed by atoms with Crippen LogP contribution in [0.1, 0.15) is 5.56 Å². The monoisotopic (exact) mass is 357 g/mol. The number of hydrogen-bond acceptors (Lipinski definition) is 2. The van der Waals surface area contributed by atoms with Crippen LogP contribution in [-0.2, 0) is 0 Å². The quantitative estimate of drug-likeness (QED) is 0.462. The Morgan fingerprint density at radius 1 is 1.00 bits per heavy atom. The van der Waals surface area contributed by atoms with E-state index < -0.39 is 0 Å². The van der Waals surface area contributed by atoms with Crippen molar-refractivity contribution in [3.63, 3.8) is 0 Å². The van der Waals surface area contributed by atoms with Gasteiger partial charge in [0.2, 0.25) is 0 Å². The fourth-order valence-corrected chi connectivity index (χ4v) is 2.08. The van der Waals surface area contributed by atoms with E-state index in [1.54, 1.807) is 36.5 Å². The SMILES string of the molecule is S=C(NN=Cc1ccc(Cl)cc1)Nc1cc(Cl)ccc1Cl. The highest BCUT2D eigenvalue weighted by molar-refractivity contribution is 7.80. The maximum Gasteiger partial charge on any atom is 0.191 e. The van der Waals surface area contributed by atoms with Crippen molar-refractivity contribution in [3.8, 4) is 0 Å². The predicted octanol–water partition coefficient (Wildman–Crippen LogP) is 4.97. The number of nitrogens with one attached hydrogen (secondary N) is 2. The summed E-state index contributed by atoms with van der Waals surface area (Å²) < 4.78 is 0. The molecule has 108 valence electrons. The molecule has 3 nitrogen and oxygen atoms in total. The lowest BCUT2D eigenvalue weighted by Gasteiger charge is -2.08. The zero-order valence-corrected chi connectivity index (χ0v) is 13.7. The summed E-state index contributed by atoms with van der Waals surface area (Å²) in [5, 5.41) is 9.00. The highest BCUT2D eigenvalue weighted by Crippen LogP contribution is 2.25. The molecule has 7 heteroatoms. The van der Waals surface area contributed by atoms with Crippen LogP contribution in [0.4, 0.5) is 5.69 Å². The minimum atomic E-state index is 0.310. The number of hydrazone groups is 1. The number of thiocarbonyl (C=S) groups is 1. The highest BCUT2D eigenvalue weighted by atomic mass is 35.5. The van der Waals surface area contributed by atoms with E-state index in [-0.39, 0.29) is 0 Å². The Kier molecular flexibility index (Phi) is 5.82. The van der Waals surface area contributed by atoms with Gasteiger partial charge >= 0.3 is 0 Å². The zero-order chi connectivity index (χ0) is 15.2. The minimum Gasteiger partial charge on any atom is -0.330 e. The molecular weight excluding hydrogens is 349 g/mol. The number of hydrogen-bond donors (Lipinski definition) is 2. The molecule has 21 heavy (non-hydrogen) atoms. The normalized spacial score (nSPS) is 10.6. The van der Waals surface area contributed by atoms with Crippen molar-refractivity contribution >= 4 is 64.0 Å². The summed E-state index contributed by atoms with van der Waals surface area (Å²) >= 11 is 22.8. The van der Waals surface area contributed by atoms with Gasteiger partial charge in [0.1, 0.15) is 0 Å². The molecule has 2 aromatic carbocycles. The molecule has 2 aromatic rings. The van der Waals surface area contributed by atoms with E-state index >= 15 is 0 Å². The molecule has 2 N–H and O–H groups in total. The van der Waals surface area contributed by atoms with E-state index in [1.165, 1.54) is 0 Å². The summed E-state index contributed by atoms with van der Waals surface area (Å²) in [5.74, 6) is 0. The van der Waals surface area contributed by atoms with Gasteiger partial charge in [0.05, 0.1) is 16.9 Å². The molecule has 0 saturated carbocycles. The predicted molar refractivity (Wildman–Crippen MR) is 94.9 cm³/mol. The maximum absolute atomic E-state index is 6.03. The third kappa shape index (κ3) is 5.17. The number of rotatable bonds is 3. The minimum absolute atomic E-state index is 0.310. The third-order valence-electron chi connectivity index (χ3n) is 2.43. The Bertz CT molecular complexity index is 672. The van der Waals surface area contributed by atoms with Gasteiger partial charge in [0.15, 0.2) is 5.11 Å². The van der Waals surface area contributed by atoms with E-state index in [4.69, 9.17) is 47.0 Å². The standard InChI is InChI=1S/C14H10Cl3N3S/c15-10-3-1-9(2-4-10)8-18-20-14(21)19-13-7-11(16)5-6-12(13)17/h1-8H,(H2,19,20,21). The molecule has 2 rings (SSSR count). The summed E-state index contributed by atoms with van der Waals surface area (Å²) in [7, 11) is 0. The van der Waals surface area contributed by atoms with Crippen molar-refractivity contribution in [1.82, 2.24) is 5.43 Å². The Balaban J connectivity index is 1.93. The van der Waals surface area contributed by atoms with Crippen LogP contribution >= 0.6 is 47.0 Å². The Morgan fingerprint density at radius 2 is 1.67 bits per heavy atom. The maximum atomic E-state index is 6.03. The van der Waals surface area contributed by atoms with E-state index in [2.05, 4.69) is 15.8 Å². The molecule has 0 aliphatic heterocycles. The van der Waals surface area contributed by atoms with E-state index in [0.717, 1.165) is 5.56 Å². The van der Waals surface area contributed by atoms with Crippen LogP contribution in [0.25, 0.3) is 0 Å². The topological polar surface area (TPSA) is 36.4 Å². The second kappa shape index (κ2) is 7.61. The van der Waals surface area contributed by atoms with Crippen molar-refractivity contribution in [2.45, 2.75) is 0 Å². The second-order valence-corrected chi connectivity index (χ2v) is 5.69. The first kappa shape index (κ1) is 16.0. The molecular formula is C14H10Cl3N3S. The molecule has 0 aromatic heterocycles. The Labute approximate surface area is 142 Å². The van der Waals surface area contributed by atoms with Crippen molar-refractivity contribution in [2.75, 3.05) is 5.32 Å². The summed E-state index contributed by atoms with van der Waals surface area (Å²) in [6.07, 6.45) is 1.63. The molecule has 0 saturated heterocycles. The molecule has 0 bridgehead atoms. The summed E-state index contributed by atoms with van der Waals surface area (Å²) in [6.45, 7) is 0. The van der Waals surface area contributed by atoms with E-state index in [1.807, 2.05) is 12.1 Å². The summed E-state index contributed by atoms with van der Waals surface area (Å²) in [4.78, 5) is 0. The van der Waals surface area contributed by atoms with Crippen LogP contribution in [0, 0.1) is 0 Å². The smallest absolute Gasteiger partial charge is 0.191 e. The number of nitrogens with zero attached hydrogens (tertiary/aromatic N) is 1. The van der Waals surface area contributed by atoms with Crippen LogP contribution < -0.4 is 10.7 Å². The Hall–Kier alpha value is -1.33. The van der Waals surface area contributed by atoms with Crippen LogP contribution in [0.5, 0.6) is 0 Å². The zero-order valence-electron chi connectivity index (χ0n) is 10.6. The van der Waals surface area contributed by atoms with E-state index in [9.17, 15) is 0 Å². The lowest BCUT2D eigenvalue weighted by Crippen LogP contribution is -2.24. The highest BCUT2D eigenvalue weighted by Gasteiger charge is 2.02. The molecule has 0 heterocycles. The van der Waals surface area contributed by atoms with Crippen molar-refractivity contribution in [1.29, 1.82) is 0 Å². The van der Waals surface area contributed by atoms with Crippen LogP contribution in [0.15, 0.2) is 47.6 Å². The van der Waals surface area contributed by atoms with Gasteiger partial charge in [-0.1, -0.05) is 46.9 Å². The Morgan fingerprint density at radius 3 is 2.38 bits per heavy atom. The summed E-state index contributed by atoms with van der Waals surface area (Å²) in [6, 6.07) is 12.3. The summed E-state index contributed by atoms with van der Waals surface area (Å²) in [5.41, 5.74) is 4.21. The molecule has 0 radical (unpaired) electrons. The first-order valence-corrected chi connectivity index (χ1v) is 7.39. The van der Waals surface area contributed by atoms with Gasteiger partial charge in [-0.15, -0.1) is 0 Å². The molecule has 0 unspecified atom stereocenters. The second-order valence-electron chi connectivity index (χ2n) is 4.00. The molecule has 0 aliphatic rings. The van der Waals surface area contributed by atoms with E-state index in [0.29, 0.717) is 25.9 Å². The number of benzene rings is 2. The lowest BCUT2D eigenvalue weighted by atomic mass is 10.2. The third-order valence-corrected chi connectivity index (χ3v) is 3.44. The number of halogens is 3. The van der Waals surface area contributed by atoms with Crippen LogP contribution in [0.2, 0.25) is 15.1 Å². The fourth-order valence-electron chi connectivity index (χ4n) is 1.46. The molecule has 0 atom stereocenters. The first-order chi connectivity index (χ1) is 10.0. The first-order valence-electron chi connectivity index (χ1n) is 5.85. The van der Waals surface area contributed by atoms with Gasteiger partial charge in [-0.2, -0.15) is 5.10 Å². The van der Waals surface area contributed by atoms with Gasteiger partial charge in [0, 0.05) is 10.0 Å². The molecule has 0 aliphatic carbocycles. The van der Waals surface area contributed by atoms with Gasteiger partial charge in [0.25, 0.3) is 0 Å². The van der Waals surface area contributed by atoms with Crippen LogP contribution in [0.3, 0.4) is 0 Å². The fraction of sp³-hybridized carbons (Fsp3) is 0. The van der Waals surface area contributed by atoms with Gasteiger partial charge in [-0.25, -0.2) is 0 Å². The van der Waals surface area contributed by atoms with Crippen LogP contribution in [-0.4, -0.2) is 11.3 Å². The molecule has 0 spiro atoms. The largest absolute Gasteiger partial charge is 0.330 e. The van der Waals surface area contributed by atoms with Gasteiger partial charge in [-0.3, -0.25) is 5.43 Å². The van der Waals surface area contributed by atoms with Crippen molar-refractivity contribution in [2.24, 2.45) is 5.10 Å². The molecule has 0 amide bonds. The lowest BCUT2D eigenvalue weighted by molar-refractivity contribution is 1.05. The molecule has 0 fully saturated rings. The van der Waals surface area contributed by atoms with Gasteiger partial charge < -0.3 is 5.32 Å². The average Bonchev–Trinajstić information content (AvgIpc) is 2.45. The average molecular weight is 359 g/mol. The van der Waals surface area contributed by atoms with Crippen molar-refractivity contribution < 1.29 is 0 Å². The van der Waals surface area contributed by atoms with Crippen molar-refractivity contribution in [3.05, 3.63) is 63.1 Å².